The molecule has 2 atom stereocenters. The standard InChI is InChI=1S/C25H40N4/c1-26-13-15-28(16-14-26)24-9-8-22-17-21(6-7-23(22)18-24)19-29-12-4-5-25(29)20-27-10-2-3-11-27/h6-7,17,24-25H,2-5,8-16,18-20H2,1H3/t24?,25-/m0/s1. The molecule has 4 nitrogen and oxygen atoms in total. The third kappa shape index (κ3) is 4.71. The van der Waals surface area contributed by atoms with Crippen LogP contribution >= 0.6 is 0 Å². The second kappa shape index (κ2) is 9.05. The minimum absolute atomic E-state index is 0.769. The van der Waals surface area contributed by atoms with E-state index in [1.807, 2.05) is 0 Å². The molecule has 3 fully saturated rings. The van der Waals surface area contributed by atoms with E-state index in [1.54, 1.807) is 16.7 Å². The van der Waals surface area contributed by atoms with E-state index in [9.17, 15) is 0 Å². The Balaban J connectivity index is 1.19. The van der Waals surface area contributed by atoms with Gasteiger partial charge in [0.15, 0.2) is 0 Å². The number of hydrogen-bond acceptors (Lipinski definition) is 4. The third-order valence-corrected chi connectivity index (χ3v) is 8.08. The molecule has 3 saturated heterocycles. The number of likely N-dealkylation sites (N-methyl/N-ethyl adjacent to an activating group) is 1. The van der Waals surface area contributed by atoms with Crippen LogP contribution in [0.3, 0.4) is 0 Å². The van der Waals surface area contributed by atoms with Crippen LogP contribution in [0.1, 0.15) is 48.8 Å². The summed E-state index contributed by atoms with van der Waals surface area (Å²) in [6.07, 6.45) is 9.49. The smallest absolute Gasteiger partial charge is 0.0237 e. The molecule has 0 N–H and O–H groups in total. The van der Waals surface area contributed by atoms with Crippen molar-refractivity contribution in [1.82, 2.24) is 19.6 Å². The summed E-state index contributed by atoms with van der Waals surface area (Å²) in [6, 6.07) is 9.02. The van der Waals surface area contributed by atoms with Gasteiger partial charge >= 0.3 is 0 Å². The van der Waals surface area contributed by atoms with E-state index in [0.29, 0.717) is 0 Å². The van der Waals surface area contributed by atoms with Gasteiger partial charge in [-0.15, -0.1) is 0 Å². The van der Waals surface area contributed by atoms with Crippen LogP contribution in [-0.2, 0) is 19.4 Å². The second-order valence-electron chi connectivity index (χ2n) is 10.1. The van der Waals surface area contributed by atoms with Crippen LogP contribution < -0.4 is 0 Å². The molecule has 0 spiro atoms. The molecule has 160 valence electrons. The van der Waals surface area contributed by atoms with Crippen molar-refractivity contribution >= 4 is 0 Å². The van der Waals surface area contributed by atoms with E-state index in [-0.39, 0.29) is 0 Å². The molecule has 1 unspecified atom stereocenters. The average Bonchev–Trinajstić information content (AvgIpc) is 3.41. The first-order chi connectivity index (χ1) is 14.2. The SMILES string of the molecule is CN1CCN(C2CCc3cc(CN4CCC[C@H]4CN4CCCC4)ccc3C2)CC1. The van der Waals surface area contributed by atoms with Gasteiger partial charge in [-0.1, -0.05) is 18.2 Å². The van der Waals surface area contributed by atoms with Gasteiger partial charge in [-0.3, -0.25) is 9.80 Å². The fourth-order valence-corrected chi connectivity index (χ4v) is 6.19. The molecule has 4 heteroatoms. The summed E-state index contributed by atoms with van der Waals surface area (Å²) < 4.78 is 0. The Bertz CT molecular complexity index is 675. The van der Waals surface area contributed by atoms with Crippen molar-refractivity contribution in [3.8, 4) is 0 Å². The highest BCUT2D eigenvalue weighted by Gasteiger charge is 2.29. The van der Waals surface area contributed by atoms with Gasteiger partial charge in [0.05, 0.1) is 0 Å². The number of likely N-dealkylation sites (tertiary alicyclic amines) is 2. The third-order valence-electron chi connectivity index (χ3n) is 8.08. The largest absolute Gasteiger partial charge is 0.304 e. The Morgan fingerprint density at radius 3 is 2.52 bits per heavy atom. The van der Waals surface area contributed by atoms with Gasteiger partial charge in [0, 0.05) is 51.4 Å². The Morgan fingerprint density at radius 1 is 0.862 bits per heavy atom. The van der Waals surface area contributed by atoms with Crippen molar-refractivity contribution < 1.29 is 0 Å². The number of nitrogens with zero attached hydrogens (tertiary/aromatic N) is 4. The normalized spacial score (nSPS) is 30.1. The molecule has 1 aliphatic carbocycles. The van der Waals surface area contributed by atoms with Crippen molar-refractivity contribution in [2.45, 2.75) is 63.6 Å². The Labute approximate surface area is 177 Å². The summed E-state index contributed by atoms with van der Waals surface area (Å²) in [5.74, 6) is 0. The van der Waals surface area contributed by atoms with Crippen molar-refractivity contribution in [2.75, 3.05) is 59.4 Å². The zero-order chi connectivity index (χ0) is 19.6. The number of fused-ring (bicyclic) bond motifs is 1. The highest BCUT2D eigenvalue weighted by atomic mass is 15.3. The van der Waals surface area contributed by atoms with E-state index in [1.165, 1.54) is 97.3 Å². The maximum absolute atomic E-state index is 2.77. The zero-order valence-electron chi connectivity index (χ0n) is 18.5. The highest BCUT2D eigenvalue weighted by molar-refractivity contribution is 5.35. The molecule has 29 heavy (non-hydrogen) atoms. The van der Waals surface area contributed by atoms with E-state index in [4.69, 9.17) is 0 Å². The van der Waals surface area contributed by atoms with Gasteiger partial charge in [0.1, 0.15) is 0 Å². The lowest BCUT2D eigenvalue weighted by molar-refractivity contribution is 0.104. The second-order valence-corrected chi connectivity index (χ2v) is 10.1. The molecule has 0 aromatic heterocycles. The van der Waals surface area contributed by atoms with E-state index < -0.39 is 0 Å². The maximum atomic E-state index is 2.77. The van der Waals surface area contributed by atoms with Crippen LogP contribution in [-0.4, -0.2) is 91.1 Å². The average molecular weight is 397 g/mol. The van der Waals surface area contributed by atoms with Crippen molar-refractivity contribution in [2.24, 2.45) is 0 Å². The van der Waals surface area contributed by atoms with E-state index in [0.717, 1.165) is 18.6 Å². The summed E-state index contributed by atoms with van der Waals surface area (Å²) in [5.41, 5.74) is 4.82. The van der Waals surface area contributed by atoms with Gasteiger partial charge in [-0.2, -0.15) is 0 Å². The molecular weight excluding hydrogens is 356 g/mol. The molecule has 4 aliphatic rings. The summed E-state index contributed by atoms with van der Waals surface area (Å²) in [4.78, 5) is 10.7. The number of aryl methyl sites for hydroxylation is 1. The predicted molar refractivity (Wildman–Crippen MR) is 120 cm³/mol. The van der Waals surface area contributed by atoms with Gasteiger partial charge in [0.25, 0.3) is 0 Å². The zero-order valence-corrected chi connectivity index (χ0v) is 18.5. The first-order valence-electron chi connectivity index (χ1n) is 12.2. The summed E-state index contributed by atoms with van der Waals surface area (Å²) in [5, 5.41) is 0. The fourth-order valence-electron chi connectivity index (χ4n) is 6.19. The first-order valence-corrected chi connectivity index (χ1v) is 12.2. The lowest BCUT2D eigenvalue weighted by Gasteiger charge is -2.40. The topological polar surface area (TPSA) is 13.0 Å². The molecule has 0 radical (unpaired) electrons. The van der Waals surface area contributed by atoms with Crippen LogP contribution in [0.5, 0.6) is 0 Å². The quantitative estimate of drug-likeness (QED) is 0.759. The van der Waals surface area contributed by atoms with Crippen LogP contribution in [0.15, 0.2) is 18.2 Å². The monoisotopic (exact) mass is 396 g/mol. The fraction of sp³-hybridized carbons (Fsp3) is 0.760. The summed E-state index contributed by atoms with van der Waals surface area (Å²) in [6.45, 7) is 11.4. The molecule has 1 aromatic carbocycles. The van der Waals surface area contributed by atoms with Gasteiger partial charge in [0.2, 0.25) is 0 Å². The van der Waals surface area contributed by atoms with Gasteiger partial charge in [-0.05, 0) is 88.3 Å². The van der Waals surface area contributed by atoms with E-state index in [2.05, 4.69) is 44.8 Å². The minimum Gasteiger partial charge on any atom is -0.304 e. The van der Waals surface area contributed by atoms with Crippen LogP contribution in [0.2, 0.25) is 0 Å². The minimum atomic E-state index is 0.769. The Kier molecular flexibility index (Phi) is 6.24. The molecular formula is C25H40N4. The molecule has 5 rings (SSSR count). The Morgan fingerprint density at radius 2 is 1.69 bits per heavy atom. The lowest BCUT2D eigenvalue weighted by Crippen LogP contribution is -2.50. The summed E-state index contributed by atoms with van der Waals surface area (Å²) in [7, 11) is 2.26. The van der Waals surface area contributed by atoms with E-state index >= 15 is 0 Å². The van der Waals surface area contributed by atoms with Crippen molar-refractivity contribution in [3.63, 3.8) is 0 Å². The molecule has 0 saturated carbocycles. The molecule has 3 aliphatic heterocycles. The van der Waals surface area contributed by atoms with Crippen LogP contribution in [0.4, 0.5) is 0 Å². The number of rotatable bonds is 5. The van der Waals surface area contributed by atoms with Crippen molar-refractivity contribution in [1.29, 1.82) is 0 Å². The molecule has 0 bridgehead atoms. The van der Waals surface area contributed by atoms with Crippen LogP contribution in [0.25, 0.3) is 0 Å². The summed E-state index contributed by atoms with van der Waals surface area (Å²) >= 11 is 0. The molecule has 0 amide bonds. The Hall–Kier alpha value is -0.940. The van der Waals surface area contributed by atoms with Gasteiger partial charge in [-0.25, -0.2) is 0 Å². The maximum Gasteiger partial charge on any atom is 0.0237 e. The predicted octanol–water partition coefficient (Wildman–Crippen LogP) is 2.85. The highest BCUT2D eigenvalue weighted by Crippen LogP contribution is 2.28. The van der Waals surface area contributed by atoms with Gasteiger partial charge < -0.3 is 9.80 Å². The number of hydrogen-bond donors (Lipinski definition) is 0. The van der Waals surface area contributed by atoms with Crippen molar-refractivity contribution in [3.05, 3.63) is 34.9 Å². The van der Waals surface area contributed by atoms with Crippen LogP contribution in [0, 0.1) is 0 Å². The lowest BCUT2D eigenvalue weighted by atomic mass is 9.86. The number of piperazine rings is 1. The number of benzene rings is 1. The molecule has 1 aromatic rings. The molecule has 3 heterocycles. The first kappa shape index (κ1) is 20.0.